The van der Waals surface area contributed by atoms with Crippen molar-refractivity contribution in [1.29, 1.82) is 0 Å². The molecule has 0 saturated carbocycles. The Bertz CT molecular complexity index is 422. The highest BCUT2D eigenvalue weighted by atomic mass is 16.5. The molecule has 0 radical (unpaired) electrons. The van der Waals surface area contributed by atoms with Gasteiger partial charge in [-0.2, -0.15) is 0 Å². The van der Waals surface area contributed by atoms with Gasteiger partial charge in [0.2, 0.25) is 0 Å². The Morgan fingerprint density at radius 1 is 1.44 bits per heavy atom. The summed E-state index contributed by atoms with van der Waals surface area (Å²) in [5.74, 6) is 2.86. The van der Waals surface area contributed by atoms with E-state index in [4.69, 9.17) is 4.74 Å². The molecule has 100 valence electrons. The highest BCUT2D eigenvalue weighted by Crippen LogP contribution is 2.25. The van der Waals surface area contributed by atoms with E-state index in [1.165, 1.54) is 0 Å². The molecular formula is C13H22N4O. The fourth-order valence-corrected chi connectivity index (χ4v) is 2.27. The molecule has 1 saturated heterocycles. The maximum Gasteiger partial charge on any atom is 0.137 e. The molecular weight excluding hydrogens is 228 g/mol. The molecule has 2 heterocycles. The lowest BCUT2D eigenvalue weighted by atomic mass is 10.2. The summed E-state index contributed by atoms with van der Waals surface area (Å²) in [4.78, 5) is 11.5. The van der Waals surface area contributed by atoms with E-state index < -0.39 is 0 Å². The van der Waals surface area contributed by atoms with Gasteiger partial charge >= 0.3 is 0 Å². The van der Waals surface area contributed by atoms with E-state index in [2.05, 4.69) is 41.0 Å². The minimum atomic E-state index is 0.260. The number of hydrogen-bond acceptors (Lipinski definition) is 5. The first-order valence-electron chi connectivity index (χ1n) is 6.57. The van der Waals surface area contributed by atoms with Crippen molar-refractivity contribution in [3.8, 4) is 0 Å². The average Bonchev–Trinajstić information content (AvgIpc) is 2.39. The van der Waals surface area contributed by atoms with Gasteiger partial charge in [-0.25, -0.2) is 9.97 Å². The second-order valence-electron chi connectivity index (χ2n) is 4.67. The molecule has 0 aromatic carbocycles. The molecule has 1 N–H and O–H groups in total. The summed E-state index contributed by atoms with van der Waals surface area (Å²) in [7, 11) is 1.90. The van der Waals surface area contributed by atoms with E-state index >= 15 is 0 Å². The summed E-state index contributed by atoms with van der Waals surface area (Å²) < 4.78 is 5.58. The first-order valence-corrected chi connectivity index (χ1v) is 6.57. The fourth-order valence-electron chi connectivity index (χ4n) is 2.27. The number of aryl methyl sites for hydroxylation is 1. The van der Waals surface area contributed by atoms with Gasteiger partial charge in [-0.1, -0.05) is 6.92 Å². The van der Waals surface area contributed by atoms with Crippen LogP contribution in [0.25, 0.3) is 0 Å². The second kappa shape index (κ2) is 5.52. The number of rotatable bonds is 3. The molecule has 0 amide bonds. The zero-order valence-corrected chi connectivity index (χ0v) is 11.7. The molecule has 1 aliphatic rings. The maximum atomic E-state index is 5.58. The molecule has 2 rings (SSSR count). The van der Waals surface area contributed by atoms with Crippen molar-refractivity contribution in [2.24, 2.45) is 0 Å². The molecule has 18 heavy (non-hydrogen) atoms. The van der Waals surface area contributed by atoms with Gasteiger partial charge < -0.3 is 15.0 Å². The van der Waals surface area contributed by atoms with Gasteiger partial charge in [-0.05, 0) is 13.8 Å². The van der Waals surface area contributed by atoms with Crippen LogP contribution in [0.3, 0.4) is 0 Å². The van der Waals surface area contributed by atoms with Crippen LogP contribution in [0.5, 0.6) is 0 Å². The second-order valence-corrected chi connectivity index (χ2v) is 4.67. The summed E-state index contributed by atoms with van der Waals surface area (Å²) in [6.45, 7) is 8.80. The van der Waals surface area contributed by atoms with Crippen molar-refractivity contribution in [1.82, 2.24) is 9.97 Å². The Balaban J connectivity index is 2.35. The van der Waals surface area contributed by atoms with Crippen LogP contribution in [-0.4, -0.2) is 42.8 Å². The first kappa shape index (κ1) is 13.1. The quantitative estimate of drug-likeness (QED) is 0.883. The first-order chi connectivity index (χ1) is 8.65. The Morgan fingerprint density at radius 3 is 2.83 bits per heavy atom. The van der Waals surface area contributed by atoms with Gasteiger partial charge in [-0.3, -0.25) is 0 Å². The summed E-state index contributed by atoms with van der Waals surface area (Å²) in [5.41, 5.74) is 1.11. The van der Waals surface area contributed by atoms with E-state index in [0.717, 1.165) is 49.1 Å². The van der Waals surface area contributed by atoms with E-state index in [-0.39, 0.29) is 6.10 Å². The zero-order chi connectivity index (χ0) is 13.1. The van der Waals surface area contributed by atoms with Gasteiger partial charge in [0.1, 0.15) is 17.5 Å². The third-order valence-electron chi connectivity index (χ3n) is 3.26. The summed E-state index contributed by atoms with van der Waals surface area (Å²) in [6, 6.07) is 0. The summed E-state index contributed by atoms with van der Waals surface area (Å²) >= 11 is 0. The minimum Gasteiger partial charge on any atom is -0.375 e. The number of nitrogens with zero attached hydrogens (tertiary/aromatic N) is 3. The van der Waals surface area contributed by atoms with Gasteiger partial charge in [0.15, 0.2) is 0 Å². The predicted molar refractivity (Wildman–Crippen MR) is 73.3 cm³/mol. The standard InChI is InChI=1S/C13H22N4O/c1-5-11-15-12(14-4)10(3)13(16-11)17-6-7-18-9(2)8-17/h9H,5-8H2,1-4H3,(H,14,15,16). The molecule has 5 nitrogen and oxygen atoms in total. The SMILES string of the molecule is CCc1nc(NC)c(C)c(N2CCOC(C)C2)n1. The predicted octanol–water partition coefficient (Wildman–Crippen LogP) is 1.61. The Kier molecular flexibility index (Phi) is 4.01. The van der Waals surface area contributed by atoms with E-state index in [0.29, 0.717) is 0 Å². The van der Waals surface area contributed by atoms with E-state index in [1.807, 2.05) is 7.05 Å². The van der Waals surface area contributed by atoms with E-state index in [1.54, 1.807) is 0 Å². The molecule has 1 aromatic rings. The highest BCUT2D eigenvalue weighted by molar-refractivity contribution is 5.58. The Hall–Kier alpha value is -1.36. The van der Waals surface area contributed by atoms with Crippen molar-refractivity contribution in [2.75, 3.05) is 37.0 Å². The third-order valence-corrected chi connectivity index (χ3v) is 3.26. The number of nitrogens with one attached hydrogen (secondary N) is 1. The third kappa shape index (κ3) is 2.56. The molecule has 1 atom stereocenters. The van der Waals surface area contributed by atoms with Crippen LogP contribution in [0.15, 0.2) is 0 Å². The Labute approximate surface area is 109 Å². The number of ether oxygens (including phenoxy) is 1. The molecule has 0 bridgehead atoms. The van der Waals surface area contributed by atoms with E-state index in [9.17, 15) is 0 Å². The molecule has 1 aromatic heterocycles. The summed E-state index contributed by atoms with van der Waals surface area (Å²) in [5, 5.41) is 3.15. The maximum absolute atomic E-state index is 5.58. The number of morpholine rings is 1. The lowest BCUT2D eigenvalue weighted by molar-refractivity contribution is 0.0529. The van der Waals surface area contributed by atoms with Crippen LogP contribution < -0.4 is 10.2 Å². The normalized spacial score (nSPS) is 20.0. The van der Waals surface area contributed by atoms with Crippen LogP contribution in [0, 0.1) is 6.92 Å². The van der Waals surface area contributed by atoms with Crippen LogP contribution >= 0.6 is 0 Å². The lowest BCUT2D eigenvalue weighted by Gasteiger charge is -2.33. The number of aromatic nitrogens is 2. The topological polar surface area (TPSA) is 50.3 Å². The van der Waals surface area contributed by atoms with Gasteiger partial charge in [0.25, 0.3) is 0 Å². The largest absolute Gasteiger partial charge is 0.375 e. The van der Waals surface area contributed by atoms with Crippen molar-refractivity contribution in [3.63, 3.8) is 0 Å². The molecule has 0 spiro atoms. The van der Waals surface area contributed by atoms with Gasteiger partial charge in [0, 0.05) is 32.1 Å². The van der Waals surface area contributed by atoms with Crippen molar-refractivity contribution in [3.05, 3.63) is 11.4 Å². The van der Waals surface area contributed by atoms with Crippen LogP contribution in [-0.2, 0) is 11.2 Å². The molecule has 1 fully saturated rings. The van der Waals surface area contributed by atoms with Crippen LogP contribution in [0.1, 0.15) is 25.2 Å². The summed E-state index contributed by atoms with van der Waals surface area (Å²) in [6.07, 6.45) is 1.11. The number of anilines is 2. The number of hydrogen-bond donors (Lipinski definition) is 1. The Morgan fingerprint density at radius 2 is 2.22 bits per heavy atom. The zero-order valence-electron chi connectivity index (χ0n) is 11.7. The minimum absolute atomic E-state index is 0.260. The van der Waals surface area contributed by atoms with Crippen LogP contribution in [0.2, 0.25) is 0 Å². The molecule has 0 aliphatic carbocycles. The fraction of sp³-hybridized carbons (Fsp3) is 0.692. The molecule has 5 heteroatoms. The van der Waals surface area contributed by atoms with Gasteiger partial charge in [0.05, 0.1) is 12.7 Å². The smallest absolute Gasteiger partial charge is 0.137 e. The van der Waals surface area contributed by atoms with Gasteiger partial charge in [-0.15, -0.1) is 0 Å². The molecule has 1 aliphatic heterocycles. The van der Waals surface area contributed by atoms with Crippen LogP contribution in [0.4, 0.5) is 11.6 Å². The van der Waals surface area contributed by atoms with Crippen molar-refractivity contribution < 1.29 is 4.74 Å². The molecule has 1 unspecified atom stereocenters. The average molecular weight is 250 g/mol. The lowest BCUT2D eigenvalue weighted by Crippen LogP contribution is -2.42. The highest BCUT2D eigenvalue weighted by Gasteiger charge is 2.21. The van der Waals surface area contributed by atoms with Crippen molar-refractivity contribution >= 4 is 11.6 Å². The van der Waals surface area contributed by atoms with Crippen molar-refractivity contribution in [2.45, 2.75) is 33.3 Å². The monoisotopic (exact) mass is 250 g/mol.